The predicted octanol–water partition coefficient (Wildman–Crippen LogP) is 3.51. The molecule has 1 spiro atoms. The predicted molar refractivity (Wildman–Crippen MR) is 141 cm³/mol. The fourth-order valence-electron chi connectivity index (χ4n) is 6.86. The molecule has 1 aromatic heterocycles. The zero-order valence-electron chi connectivity index (χ0n) is 20.7. The van der Waals surface area contributed by atoms with Crippen LogP contribution in [0, 0.1) is 29.0 Å². The van der Waals surface area contributed by atoms with Gasteiger partial charge in [-0.25, -0.2) is 9.29 Å². The first-order valence-corrected chi connectivity index (χ1v) is 13.7. The number of phenols is 1. The van der Waals surface area contributed by atoms with Crippen molar-refractivity contribution in [3.63, 3.8) is 0 Å². The van der Waals surface area contributed by atoms with Gasteiger partial charge in [0.15, 0.2) is 0 Å². The van der Waals surface area contributed by atoms with Gasteiger partial charge in [-0.15, -0.1) is 11.3 Å². The minimum atomic E-state index is -1.64. The molecule has 0 radical (unpaired) electrons. The lowest BCUT2D eigenvalue weighted by Crippen LogP contribution is -2.53. The van der Waals surface area contributed by atoms with E-state index in [1.807, 2.05) is 0 Å². The molecule has 10 heteroatoms. The molecular weight excluding hydrogens is 519 g/mol. The molecule has 2 aromatic carbocycles. The minimum Gasteiger partial charge on any atom is -0.508 e. The second-order valence-corrected chi connectivity index (χ2v) is 11.7. The average molecular weight is 543 g/mol. The van der Waals surface area contributed by atoms with Crippen molar-refractivity contribution >= 4 is 39.7 Å². The summed E-state index contributed by atoms with van der Waals surface area (Å²) in [7, 11) is 0. The first-order valence-electron chi connectivity index (χ1n) is 12.9. The third kappa shape index (κ3) is 3.27. The third-order valence-electron chi connectivity index (χ3n) is 8.54. The molecule has 0 saturated carbocycles. The van der Waals surface area contributed by atoms with E-state index in [-0.39, 0.29) is 5.75 Å². The van der Waals surface area contributed by atoms with Gasteiger partial charge in [0.25, 0.3) is 0 Å². The van der Waals surface area contributed by atoms with Crippen molar-refractivity contribution in [2.75, 3.05) is 10.2 Å². The number of nitriles is 1. The van der Waals surface area contributed by atoms with Gasteiger partial charge >= 0.3 is 0 Å². The second-order valence-electron chi connectivity index (χ2n) is 10.6. The first-order chi connectivity index (χ1) is 18.8. The third-order valence-corrected chi connectivity index (χ3v) is 9.81. The normalized spacial score (nSPS) is 26.9. The molecule has 2 saturated heterocycles. The van der Waals surface area contributed by atoms with E-state index in [1.54, 1.807) is 12.1 Å². The van der Waals surface area contributed by atoms with Crippen LogP contribution in [-0.2, 0) is 39.2 Å². The van der Waals surface area contributed by atoms with Crippen molar-refractivity contribution < 1.29 is 23.9 Å². The van der Waals surface area contributed by atoms with Crippen LogP contribution < -0.4 is 15.5 Å². The van der Waals surface area contributed by atoms with E-state index < -0.39 is 47.0 Å². The van der Waals surface area contributed by atoms with Crippen molar-refractivity contribution in [2.45, 2.75) is 43.7 Å². The molecule has 3 N–H and O–H groups in total. The van der Waals surface area contributed by atoms with E-state index in [2.05, 4.69) is 16.7 Å². The highest BCUT2D eigenvalue weighted by Crippen LogP contribution is 2.55. The number of carbonyl (C=O) groups excluding carboxylic acids is 3. The molecule has 0 unspecified atom stereocenters. The Hall–Kier alpha value is -4.07. The van der Waals surface area contributed by atoms with Gasteiger partial charge in [0.1, 0.15) is 28.2 Å². The summed E-state index contributed by atoms with van der Waals surface area (Å²) < 4.78 is 14.5. The summed E-state index contributed by atoms with van der Waals surface area (Å²) in [5.74, 6) is -4.05. The van der Waals surface area contributed by atoms with Crippen molar-refractivity contribution in [1.82, 2.24) is 5.32 Å². The van der Waals surface area contributed by atoms with Gasteiger partial charge in [0, 0.05) is 22.2 Å². The molecule has 7 rings (SSSR count). The number of hydrogen-bond donors (Lipinski definition) is 3. The van der Waals surface area contributed by atoms with Crippen LogP contribution in [0.2, 0.25) is 0 Å². The highest BCUT2D eigenvalue weighted by atomic mass is 32.1. The maximum Gasteiger partial charge on any atom is 0.250 e. The molecule has 0 bridgehead atoms. The Morgan fingerprint density at radius 1 is 1.10 bits per heavy atom. The lowest BCUT2D eigenvalue weighted by Gasteiger charge is -2.29. The largest absolute Gasteiger partial charge is 0.508 e. The number of aryl methyl sites for hydroxylation is 1. The lowest BCUT2D eigenvalue weighted by atomic mass is 9.76. The Morgan fingerprint density at radius 2 is 1.87 bits per heavy atom. The summed E-state index contributed by atoms with van der Waals surface area (Å²) >= 11 is 1.31. The van der Waals surface area contributed by atoms with E-state index >= 15 is 0 Å². The number of thiophene rings is 1. The topological polar surface area (TPSA) is 123 Å². The number of halogens is 1. The number of nitrogens with zero attached hydrogens (tertiary/aromatic N) is 2. The Kier molecular flexibility index (Phi) is 5.21. The van der Waals surface area contributed by atoms with E-state index in [0.717, 1.165) is 46.6 Å². The van der Waals surface area contributed by atoms with Gasteiger partial charge < -0.3 is 10.4 Å². The molecule has 4 aliphatic rings. The van der Waals surface area contributed by atoms with Gasteiger partial charge in [-0.2, -0.15) is 5.26 Å². The summed E-state index contributed by atoms with van der Waals surface area (Å²) in [5, 5.41) is 26.2. The molecule has 4 atom stereocenters. The van der Waals surface area contributed by atoms with Gasteiger partial charge in [0.2, 0.25) is 17.7 Å². The van der Waals surface area contributed by atoms with Crippen LogP contribution >= 0.6 is 11.3 Å². The molecule has 196 valence electrons. The number of rotatable bonds is 3. The number of fused-ring (bicyclic) bond motifs is 5. The summed E-state index contributed by atoms with van der Waals surface area (Å²) in [6.07, 6.45) is 3.73. The van der Waals surface area contributed by atoms with Gasteiger partial charge in [0.05, 0.1) is 17.4 Å². The van der Waals surface area contributed by atoms with Crippen LogP contribution in [0.4, 0.5) is 15.1 Å². The van der Waals surface area contributed by atoms with Crippen molar-refractivity contribution in [1.29, 1.82) is 5.26 Å². The number of imide groups is 1. The number of anilines is 2. The van der Waals surface area contributed by atoms with E-state index in [0.29, 0.717) is 28.2 Å². The summed E-state index contributed by atoms with van der Waals surface area (Å²) in [4.78, 5) is 44.3. The van der Waals surface area contributed by atoms with Gasteiger partial charge in [-0.1, -0.05) is 12.1 Å². The van der Waals surface area contributed by atoms with Crippen molar-refractivity contribution in [2.24, 2.45) is 11.8 Å². The van der Waals surface area contributed by atoms with Crippen LogP contribution in [0.25, 0.3) is 0 Å². The summed E-state index contributed by atoms with van der Waals surface area (Å²) in [6.45, 7) is 0. The molecule has 2 fully saturated rings. The van der Waals surface area contributed by atoms with E-state index in [9.17, 15) is 29.1 Å². The van der Waals surface area contributed by atoms with Gasteiger partial charge in [-0.05, 0) is 73.6 Å². The number of hydrogen-bond acceptors (Lipinski definition) is 7. The van der Waals surface area contributed by atoms with Crippen LogP contribution in [-0.4, -0.2) is 28.9 Å². The highest BCUT2D eigenvalue weighted by Gasteiger charge is 2.71. The Bertz CT molecular complexity index is 1630. The molecule has 3 amide bonds. The fourth-order valence-corrected chi connectivity index (χ4v) is 8.21. The molecule has 3 aromatic rings. The summed E-state index contributed by atoms with van der Waals surface area (Å²) in [5.41, 5.74) is 1.10. The molecule has 3 aliphatic heterocycles. The van der Waals surface area contributed by atoms with Crippen molar-refractivity contribution in [3.05, 3.63) is 75.4 Å². The number of nitrogens with one attached hydrogen (secondary N) is 2. The molecule has 8 nitrogen and oxygen atoms in total. The average Bonchev–Trinajstić information content (AvgIpc) is 3.61. The monoisotopic (exact) mass is 542 g/mol. The van der Waals surface area contributed by atoms with Crippen molar-refractivity contribution in [3.8, 4) is 11.8 Å². The van der Waals surface area contributed by atoms with Gasteiger partial charge in [-0.3, -0.25) is 19.7 Å². The first kappa shape index (κ1) is 24.0. The van der Waals surface area contributed by atoms with E-state index in [1.165, 1.54) is 41.7 Å². The molecule has 39 heavy (non-hydrogen) atoms. The Labute approximate surface area is 227 Å². The Balaban J connectivity index is 1.38. The second kappa shape index (κ2) is 8.46. The fraction of sp³-hybridized carbons (Fsp3) is 0.310. The molecular formula is C29H23FN4O4S. The number of amides is 3. The smallest absolute Gasteiger partial charge is 0.250 e. The van der Waals surface area contributed by atoms with Crippen LogP contribution in [0.15, 0.2) is 42.5 Å². The highest BCUT2D eigenvalue weighted by molar-refractivity contribution is 7.17. The maximum absolute atomic E-state index is 14.5. The number of aromatic hydroxyl groups is 1. The zero-order valence-corrected chi connectivity index (χ0v) is 21.5. The zero-order chi connectivity index (χ0) is 27.1. The van der Waals surface area contributed by atoms with Crippen LogP contribution in [0.1, 0.15) is 40.0 Å². The minimum absolute atomic E-state index is 0.0936. The summed E-state index contributed by atoms with van der Waals surface area (Å²) in [6, 6.07) is 12.0. The Morgan fingerprint density at radius 3 is 2.64 bits per heavy atom. The quantitative estimate of drug-likeness (QED) is 0.436. The van der Waals surface area contributed by atoms with Crippen LogP contribution in [0.5, 0.6) is 5.75 Å². The number of carbonyl (C=O) groups is 3. The van der Waals surface area contributed by atoms with E-state index in [4.69, 9.17) is 0 Å². The number of phenolic OH excluding ortho intramolecular Hbond substituents is 1. The molecule has 1 aliphatic carbocycles. The maximum atomic E-state index is 14.5. The standard InChI is InChI=1S/C29H23FN4O4S/c30-15-7-10-20-19(12-15)29(28(38)32-20)24-23(21(33-29)11-14-5-8-16(35)9-6-14)25(36)34(26(24)37)27-18(13-31)17-3-1-2-4-22(17)39-27/h5-10,12,21,23-24,33,35H,1-4,11H2,(H,32,38)/t21-,23-,24+,29-/m1/s1. The SMILES string of the molecule is N#Cc1c(N2C(=O)[C@H]3[C@@H](C2=O)[C@@]2(N[C@@H]3Cc3ccc(O)cc3)C(=O)Nc3ccc(F)cc32)sc2c1CCCC2. The lowest BCUT2D eigenvalue weighted by molar-refractivity contribution is -0.130. The molecule has 4 heterocycles. The number of benzene rings is 2. The van der Waals surface area contributed by atoms with Crippen LogP contribution in [0.3, 0.4) is 0 Å².